The third-order valence-corrected chi connectivity index (χ3v) is 6.88. The van der Waals surface area contributed by atoms with Gasteiger partial charge in [-0.05, 0) is 77.7 Å². The summed E-state index contributed by atoms with van der Waals surface area (Å²) in [5, 5.41) is 20.9. The molecule has 13 heteroatoms. The number of ether oxygens (including phenoxy) is 2. The molecule has 0 spiro atoms. The molecule has 0 aliphatic carbocycles. The van der Waals surface area contributed by atoms with Crippen molar-refractivity contribution in [3.63, 3.8) is 0 Å². The summed E-state index contributed by atoms with van der Waals surface area (Å²) in [6, 6.07) is 3.22. The lowest BCUT2D eigenvalue weighted by Crippen LogP contribution is -2.12. The van der Waals surface area contributed by atoms with E-state index in [1.165, 1.54) is 22.5 Å². The Hall–Kier alpha value is -3.26. The molecular weight excluding hydrogens is 571 g/mol. The lowest BCUT2D eigenvalue weighted by molar-refractivity contribution is 0.0160. The van der Waals surface area contributed by atoms with Crippen molar-refractivity contribution in [1.82, 2.24) is 33.7 Å². The highest BCUT2D eigenvalue weighted by atomic mass is 32.2. The summed E-state index contributed by atoms with van der Waals surface area (Å²) < 4.78 is 32.0. The number of aliphatic hydroxyl groups is 1. The zero-order chi connectivity index (χ0) is 32.1. The van der Waals surface area contributed by atoms with Crippen LogP contribution in [0.25, 0.3) is 16.9 Å². The molecule has 0 saturated heterocycles. The first-order valence-corrected chi connectivity index (χ1v) is 15.6. The Morgan fingerprint density at radius 3 is 2.53 bits per heavy atom. The zero-order valence-corrected chi connectivity index (χ0v) is 27.9. The first kappa shape index (κ1) is 35.9. The van der Waals surface area contributed by atoms with Crippen LogP contribution in [0.4, 0.5) is 16.0 Å². The summed E-state index contributed by atoms with van der Waals surface area (Å²) >= 11 is 1.44. The highest BCUT2D eigenvalue weighted by Crippen LogP contribution is 2.34. The molecule has 1 aromatic carbocycles. The van der Waals surface area contributed by atoms with Crippen molar-refractivity contribution < 1.29 is 19.0 Å². The van der Waals surface area contributed by atoms with Gasteiger partial charge in [-0.3, -0.25) is 0 Å². The summed E-state index contributed by atoms with van der Waals surface area (Å²) in [6.45, 7) is 19.0. The molecule has 0 aliphatic rings. The Bertz CT molecular complexity index is 1410. The fourth-order valence-corrected chi connectivity index (χ4v) is 4.82. The van der Waals surface area contributed by atoms with Crippen LogP contribution in [0, 0.1) is 12.7 Å². The van der Waals surface area contributed by atoms with Crippen LogP contribution in [0.2, 0.25) is 0 Å². The molecule has 4 rings (SSSR count). The van der Waals surface area contributed by atoms with Crippen LogP contribution >= 0.6 is 11.9 Å². The van der Waals surface area contributed by atoms with Crippen molar-refractivity contribution in [2.45, 2.75) is 86.0 Å². The van der Waals surface area contributed by atoms with Gasteiger partial charge in [-0.1, -0.05) is 27.7 Å². The predicted octanol–water partition coefficient (Wildman–Crippen LogP) is 6.89. The van der Waals surface area contributed by atoms with Gasteiger partial charge in [0, 0.05) is 36.4 Å². The van der Waals surface area contributed by atoms with Crippen molar-refractivity contribution in [2.24, 2.45) is 0 Å². The van der Waals surface area contributed by atoms with Crippen LogP contribution in [0.15, 0.2) is 35.7 Å². The number of hydrogen-bond donors (Lipinski definition) is 2. The van der Waals surface area contributed by atoms with E-state index in [0.717, 1.165) is 16.0 Å². The summed E-state index contributed by atoms with van der Waals surface area (Å²) in [6.07, 6.45) is 5.37. The van der Waals surface area contributed by atoms with Gasteiger partial charge in [0.2, 0.25) is 11.6 Å². The molecule has 0 aliphatic heterocycles. The highest BCUT2D eigenvalue weighted by molar-refractivity contribution is 7.97. The van der Waals surface area contributed by atoms with E-state index in [1.54, 1.807) is 23.3 Å². The second-order valence-electron chi connectivity index (χ2n) is 9.30. The van der Waals surface area contributed by atoms with Crippen LogP contribution in [0.1, 0.15) is 73.6 Å². The predicted molar refractivity (Wildman–Crippen MR) is 171 cm³/mol. The molecule has 0 saturated carbocycles. The molecule has 4 aromatic rings. The topological polar surface area (TPSA) is 115 Å². The number of aliphatic hydroxyl groups excluding tert-OH is 1. The molecule has 11 nitrogen and oxygen atoms in total. The molecule has 3 heterocycles. The number of halogens is 1. The van der Waals surface area contributed by atoms with Gasteiger partial charge in [0.15, 0.2) is 5.75 Å². The Kier molecular flexibility index (Phi) is 14.8. The molecule has 2 N–H and O–H groups in total. The monoisotopic (exact) mass is 618 g/mol. The van der Waals surface area contributed by atoms with Crippen molar-refractivity contribution in [1.29, 1.82) is 0 Å². The molecule has 43 heavy (non-hydrogen) atoms. The van der Waals surface area contributed by atoms with Gasteiger partial charge in [0.05, 0.1) is 18.0 Å². The van der Waals surface area contributed by atoms with Crippen LogP contribution < -0.4 is 10.1 Å². The van der Waals surface area contributed by atoms with E-state index in [-0.39, 0.29) is 30.6 Å². The van der Waals surface area contributed by atoms with E-state index in [2.05, 4.69) is 25.5 Å². The van der Waals surface area contributed by atoms with E-state index in [1.807, 2.05) is 79.9 Å². The molecule has 238 valence electrons. The zero-order valence-electron chi connectivity index (χ0n) is 27.1. The Morgan fingerprint density at radius 2 is 1.88 bits per heavy atom. The lowest BCUT2D eigenvalue weighted by atomic mass is 10.2. The van der Waals surface area contributed by atoms with Crippen LogP contribution in [0.3, 0.4) is 0 Å². The Morgan fingerprint density at radius 1 is 1.16 bits per heavy atom. The fourth-order valence-electron chi connectivity index (χ4n) is 3.90. The van der Waals surface area contributed by atoms with Crippen molar-refractivity contribution >= 4 is 29.2 Å². The molecular formula is C30H47FN8O3S. The summed E-state index contributed by atoms with van der Waals surface area (Å²) in [4.78, 5) is 9.99. The Labute approximate surface area is 259 Å². The van der Waals surface area contributed by atoms with Gasteiger partial charge < -0.3 is 19.9 Å². The number of nitrogens with one attached hydrogen (secondary N) is 1. The first-order valence-electron chi connectivity index (χ1n) is 14.8. The maximum Gasteiger partial charge on any atom is 0.247 e. The van der Waals surface area contributed by atoms with Crippen molar-refractivity contribution in [2.75, 3.05) is 32.1 Å². The maximum atomic E-state index is 15.1. The number of benzene rings is 1. The molecule has 3 aromatic heterocycles. The Balaban J connectivity index is 0.00000155. The van der Waals surface area contributed by atoms with Crippen LogP contribution in [-0.4, -0.2) is 71.7 Å². The van der Waals surface area contributed by atoms with E-state index in [0.29, 0.717) is 36.7 Å². The van der Waals surface area contributed by atoms with Gasteiger partial charge in [-0.15, -0.1) is 5.10 Å². The quantitative estimate of drug-likeness (QED) is 0.153. The van der Waals surface area contributed by atoms with Gasteiger partial charge in [0.25, 0.3) is 0 Å². The molecule has 1 unspecified atom stereocenters. The standard InChI is InChI=1S/C26H35FN8O3S.2C2H6/c1-7-37-18(5)34-14-19(13-29-34)23-24(38-16(2)3)25-31-26(32-35(25)15-28-23)30-21-11-17(4)22(12-20(21)27)39-33(6)9-8-10-36;2*1-2/h11-16,18,36H,7-10H2,1-6H3,(H,30,32);2*1-2H3. The van der Waals surface area contributed by atoms with E-state index < -0.39 is 5.82 Å². The number of fused-ring (bicyclic) bond motifs is 1. The minimum Gasteiger partial charge on any atom is -0.485 e. The minimum atomic E-state index is -0.425. The first-order chi connectivity index (χ1) is 20.7. The number of aryl methyl sites for hydroxylation is 1. The van der Waals surface area contributed by atoms with Crippen molar-refractivity contribution in [3.8, 4) is 17.0 Å². The third kappa shape index (κ3) is 9.62. The van der Waals surface area contributed by atoms with Gasteiger partial charge in [-0.25, -0.2) is 18.4 Å². The average Bonchev–Trinajstić information content (AvgIpc) is 3.64. The summed E-state index contributed by atoms with van der Waals surface area (Å²) in [7, 11) is 1.91. The van der Waals surface area contributed by atoms with Gasteiger partial charge in [0.1, 0.15) is 24.1 Å². The molecule has 0 bridgehead atoms. The van der Waals surface area contributed by atoms with E-state index in [9.17, 15) is 0 Å². The summed E-state index contributed by atoms with van der Waals surface area (Å²) in [5.41, 5.74) is 2.91. The second kappa shape index (κ2) is 17.8. The summed E-state index contributed by atoms with van der Waals surface area (Å²) in [5.74, 6) is 0.235. The maximum absolute atomic E-state index is 15.1. The minimum absolute atomic E-state index is 0.116. The second-order valence-corrected chi connectivity index (χ2v) is 10.5. The smallest absolute Gasteiger partial charge is 0.247 e. The fraction of sp³-hybridized carbons (Fsp3) is 0.533. The van der Waals surface area contributed by atoms with E-state index >= 15 is 4.39 Å². The number of hydrogen-bond acceptors (Lipinski definition) is 10. The lowest BCUT2D eigenvalue weighted by Gasteiger charge is -2.17. The molecule has 1 atom stereocenters. The molecule has 0 radical (unpaired) electrons. The number of anilines is 2. The number of aromatic nitrogens is 6. The van der Waals surface area contributed by atoms with Crippen LogP contribution in [0.5, 0.6) is 5.75 Å². The van der Waals surface area contributed by atoms with Crippen molar-refractivity contribution in [3.05, 3.63) is 42.2 Å². The SMILES string of the molecule is CC.CC.CCOC(C)n1cc(-c2ncn3nc(Nc4cc(C)c(SN(C)CCCO)cc4F)nc3c2OC(C)C)cn1. The molecule has 0 amide bonds. The van der Waals surface area contributed by atoms with Gasteiger partial charge >= 0.3 is 0 Å². The average molecular weight is 619 g/mol. The van der Waals surface area contributed by atoms with E-state index in [4.69, 9.17) is 14.6 Å². The third-order valence-electron chi connectivity index (χ3n) is 5.75. The van der Waals surface area contributed by atoms with Crippen LogP contribution in [-0.2, 0) is 4.74 Å². The number of rotatable bonds is 13. The highest BCUT2D eigenvalue weighted by Gasteiger charge is 2.21. The van der Waals surface area contributed by atoms with Gasteiger partial charge in [-0.2, -0.15) is 14.6 Å². The molecule has 0 fully saturated rings. The number of nitrogens with zero attached hydrogens (tertiary/aromatic N) is 7. The largest absolute Gasteiger partial charge is 0.485 e. The normalized spacial score (nSPS) is 11.7.